The minimum atomic E-state index is 0.715. The van der Waals surface area contributed by atoms with Crippen LogP contribution in [0.15, 0.2) is 36.8 Å². The molecule has 1 saturated heterocycles. The van der Waals surface area contributed by atoms with Gasteiger partial charge >= 0.3 is 0 Å². The molecule has 0 radical (unpaired) electrons. The number of fused-ring (bicyclic) bond motifs is 2. The fraction of sp³-hybridized carbons (Fsp3) is 0.409. The third-order valence-electron chi connectivity index (χ3n) is 5.86. The summed E-state index contributed by atoms with van der Waals surface area (Å²) in [5.74, 6) is 2.03. The number of benzene rings is 1. The minimum Gasteiger partial charge on any atom is -0.366 e. The third-order valence-corrected chi connectivity index (χ3v) is 5.86. The molecule has 150 valence electrons. The lowest BCUT2D eigenvalue weighted by Gasteiger charge is -2.28. The van der Waals surface area contributed by atoms with Crippen molar-refractivity contribution < 1.29 is 0 Å². The zero-order valence-electron chi connectivity index (χ0n) is 17.1. The SMILES string of the molecule is CCc1cnn2c(NCc3ccc4c(c3)ncn4C)cc(N3CCCCC3)nc12. The lowest BCUT2D eigenvalue weighted by atomic mass is 10.1. The summed E-state index contributed by atoms with van der Waals surface area (Å²) in [5, 5.41) is 8.19. The third kappa shape index (κ3) is 3.30. The van der Waals surface area contributed by atoms with Crippen LogP contribution < -0.4 is 10.2 Å². The van der Waals surface area contributed by atoms with E-state index in [1.807, 2.05) is 28.7 Å². The van der Waals surface area contributed by atoms with Crippen LogP contribution in [0.2, 0.25) is 0 Å². The topological polar surface area (TPSA) is 63.3 Å². The molecule has 1 aliphatic rings. The Hall–Kier alpha value is -3.09. The number of imidazole rings is 1. The number of rotatable bonds is 5. The first-order valence-corrected chi connectivity index (χ1v) is 10.5. The van der Waals surface area contributed by atoms with Crippen LogP contribution >= 0.6 is 0 Å². The van der Waals surface area contributed by atoms with Gasteiger partial charge in [0, 0.05) is 38.3 Å². The molecule has 4 heterocycles. The van der Waals surface area contributed by atoms with Crippen LogP contribution in [0, 0.1) is 0 Å². The summed E-state index contributed by atoms with van der Waals surface area (Å²) in [4.78, 5) is 11.8. The van der Waals surface area contributed by atoms with Crippen LogP contribution in [0.1, 0.15) is 37.3 Å². The van der Waals surface area contributed by atoms with Gasteiger partial charge in [-0.1, -0.05) is 13.0 Å². The van der Waals surface area contributed by atoms with E-state index in [0.717, 1.165) is 47.8 Å². The standard InChI is InChI=1S/C22H27N7/c1-3-17-14-25-29-20(12-21(26-22(17)29)28-9-5-4-6-10-28)23-13-16-7-8-19-18(11-16)24-15-27(19)2/h7-8,11-12,14-15,23H,3-6,9-10,13H2,1-2H3. The van der Waals surface area contributed by atoms with E-state index < -0.39 is 0 Å². The highest BCUT2D eigenvalue weighted by molar-refractivity contribution is 5.76. The Morgan fingerprint density at radius 3 is 2.79 bits per heavy atom. The molecule has 5 rings (SSSR count). The number of hydrogen-bond acceptors (Lipinski definition) is 5. The highest BCUT2D eigenvalue weighted by Gasteiger charge is 2.17. The van der Waals surface area contributed by atoms with Crippen molar-refractivity contribution in [3.63, 3.8) is 0 Å². The molecule has 1 fully saturated rings. The molecule has 0 saturated carbocycles. The van der Waals surface area contributed by atoms with Crippen molar-refractivity contribution in [1.29, 1.82) is 0 Å². The monoisotopic (exact) mass is 389 g/mol. The molecule has 0 atom stereocenters. The Kier molecular flexibility index (Phi) is 4.58. The number of aryl methyl sites for hydroxylation is 2. The first kappa shape index (κ1) is 18.0. The molecule has 3 aromatic heterocycles. The number of nitrogens with one attached hydrogen (secondary N) is 1. The van der Waals surface area contributed by atoms with Crippen molar-refractivity contribution in [3.8, 4) is 0 Å². The van der Waals surface area contributed by atoms with E-state index >= 15 is 0 Å². The van der Waals surface area contributed by atoms with Crippen LogP contribution in [0.4, 0.5) is 11.6 Å². The molecule has 0 aliphatic carbocycles. The summed E-state index contributed by atoms with van der Waals surface area (Å²) in [5.41, 5.74) is 5.50. The van der Waals surface area contributed by atoms with Crippen molar-refractivity contribution >= 4 is 28.3 Å². The second-order valence-electron chi connectivity index (χ2n) is 7.84. The van der Waals surface area contributed by atoms with Crippen LogP contribution in [-0.2, 0) is 20.0 Å². The van der Waals surface area contributed by atoms with Gasteiger partial charge in [-0.2, -0.15) is 9.61 Å². The van der Waals surface area contributed by atoms with Gasteiger partial charge in [0.15, 0.2) is 5.65 Å². The molecule has 1 N–H and O–H groups in total. The molecule has 0 spiro atoms. The van der Waals surface area contributed by atoms with Gasteiger partial charge in [0.1, 0.15) is 11.6 Å². The second kappa shape index (κ2) is 7.39. The Labute approximate surface area is 170 Å². The first-order valence-electron chi connectivity index (χ1n) is 10.5. The number of nitrogens with zero attached hydrogens (tertiary/aromatic N) is 6. The Balaban J connectivity index is 1.47. The maximum atomic E-state index is 4.96. The summed E-state index contributed by atoms with van der Waals surface area (Å²) in [6, 6.07) is 8.57. The van der Waals surface area contributed by atoms with E-state index in [0.29, 0.717) is 6.54 Å². The lowest BCUT2D eigenvalue weighted by molar-refractivity contribution is 0.573. The van der Waals surface area contributed by atoms with Gasteiger partial charge in [0.25, 0.3) is 0 Å². The zero-order chi connectivity index (χ0) is 19.8. The largest absolute Gasteiger partial charge is 0.366 e. The van der Waals surface area contributed by atoms with Gasteiger partial charge in [0.05, 0.1) is 23.6 Å². The van der Waals surface area contributed by atoms with Crippen LogP contribution in [0.25, 0.3) is 16.7 Å². The van der Waals surface area contributed by atoms with Gasteiger partial charge in [-0.25, -0.2) is 9.97 Å². The molecule has 1 aromatic carbocycles. The second-order valence-corrected chi connectivity index (χ2v) is 7.84. The zero-order valence-corrected chi connectivity index (χ0v) is 17.1. The van der Waals surface area contributed by atoms with Crippen LogP contribution in [-0.4, -0.2) is 37.2 Å². The quantitative estimate of drug-likeness (QED) is 0.563. The van der Waals surface area contributed by atoms with E-state index in [1.165, 1.54) is 30.4 Å². The van der Waals surface area contributed by atoms with Gasteiger partial charge < -0.3 is 14.8 Å². The molecule has 7 heteroatoms. The average molecular weight is 390 g/mol. The number of hydrogen-bond donors (Lipinski definition) is 1. The highest BCUT2D eigenvalue weighted by atomic mass is 15.3. The number of aromatic nitrogens is 5. The molecule has 0 amide bonds. The maximum absolute atomic E-state index is 4.96. The van der Waals surface area contributed by atoms with E-state index in [2.05, 4.69) is 51.5 Å². The van der Waals surface area contributed by atoms with Gasteiger partial charge in [-0.15, -0.1) is 0 Å². The molecule has 1 aliphatic heterocycles. The molecule has 4 aromatic rings. The summed E-state index contributed by atoms with van der Waals surface area (Å²) < 4.78 is 3.98. The maximum Gasteiger partial charge on any atom is 0.162 e. The first-order chi connectivity index (χ1) is 14.2. The van der Waals surface area contributed by atoms with Crippen molar-refractivity contribution in [2.24, 2.45) is 7.05 Å². The minimum absolute atomic E-state index is 0.715. The Morgan fingerprint density at radius 1 is 1.10 bits per heavy atom. The Morgan fingerprint density at radius 2 is 1.97 bits per heavy atom. The van der Waals surface area contributed by atoms with E-state index in [4.69, 9.17) is 4.98 Å². The van der Waals surface area contributed by atoms with E-state index in [1.54, 1.807) is 0 Å². The fourth-order valence-electron chi connectivity index (χ4n) is 4.14. The highest BCUT2D eigenvalue weighted by Crippen LogP contribution is 2.25. The van der Waals surface area contributed by atoms with Crippen molar-refractivity contribution in [1.82, 2.24) is 24.1 Å². The van der Waals surface area contributed by atoms with Crippen LogP contribution in [0.3, 0.4) is 0 Å². The Bertz CT molecular complexity index is 1150. The molecule has 7 nitrogen and oxygen atoms in total. The van der Waals surface area contributed by atoms with Crippen LogP contribution in [0.5, 0.6) is 0 Å². The summed E-state index contributed by atoms with van der Waals surface area (Å²) in [6.07, 6.45) is 8.50. The van der Waals surface area contributed by atoms with E-state index in [9.17, 15) is 0 Å². The molecule has 29 heavy (non-hydrogen) atoms. The molecule has 0 unspecified atom stereocenters. The van der Waals surface area contributed by atoms with Gasteiger partial charge in [-0.05, 0) is 43.4 Å². The molecular formula is C22H27N7. The fourth-order valence-corrected chi connectivity index (χ4v) is 4.14. The summed E-state index contributed by atoms with van der Waals surface area (Å²) in [7, 11) is 2.02. The molecular weight excluding hydrogens is 362 g/mol. The molecule has 0 bridgehead atoms. The van der Waals surface area contributed by atoms with Crippen molar-refractivity contribution in [2.45, 2.75) is 39.2 Å². The van der Waals surface area contributed by atoms with Crippen molar-refractivity contribution in [2.75, 3.05) is 23.3 Å². The predicted molar refractivity (Wildman–Crippen MR) is 116 cm³/mol. The normalized spacial score (nSPS) is 14.8. The predicted octanol–water partition coefficient (Wildman–Crippen LogP) is 3.78. The van der Waals surface area contributed by atoms with Crippen molar-refractivity contribution in [3.05, 3.63) is 47.9 Å². The number of anilines is 2. The van der Waals surface area contributed by atoms with Gasteiger partial charge in [-0.3, -0.25) is 0 Å². The lowest BCUT2D eigenvalue weighted by Crippen LogP contribution is -2.30. The summed E-state index contributed by atoms with van der Waals surface area (Å²) in [6.45, 7) is 5.02. The van der Waals surface area contributed by atoms with E-state index in [-0.39, 0.29) is 0 Å². The summed E-state index contributed by atoms with van der Waals surface area (Å²) >= 11 is 0. The smallest absolute Gasteiger partial charge is 0.162 e. The van der Waals surface area contributed by atoms with Gasteiger partial charge in [0.2, 0.25) is 0 Å². The number of piperidine rings is 1. The average Bonchev–Trinajstić information content (AvgIpc) is 3.35.